The van der Waals surface area contributed by atoms with Gasteiger partial charge < -0.3 is 9.47 Å². The molecule has 4 rings (SSSR count). The fourth-order valence-electron chi connectivity index (χ4n) is 2.82. The van der Waals surface area contributed by atoms with Crippen LogP contribution in [-0.2, 0) is 6.61 Å². The Morgan fingerprint density at radius 1 is 1.04 bits per heavy atom. The van der Waals surface area contributed by atoms with Gasteiger partial charge in [0.05, 0.1) is 12.8 Å². The molecule has 0 bridgehead atoms. The lowest BCUT2D eigenvalue weighted by Crippen LogP contribution is -2.07. The lowest BCUT2D eigenvalue weighted by Gasteiger charge is -2.12. The highest BCUT2D eigenvalue weighted by Crippen LogP contribution is 2.26. The van der Waals surface area contributed by atoms with Crippen LogP contribution in [0.2, 0.25) is 0 Å². The van der Waals surface area contributed by atoms with Gasteiger partial charge in [0.1, 0.15) is 23.6 Å². The van der Waals surface area contributed by atoms with E-state index in [9.17, 15) is 0 Å². The molecule has 0 spiro atoms. The van der Waals surface area contributed by atoms with Crippen LogP contribution in [0.4, 0.5) is 0 Å². The number of benzene rings is 2. The van der Waals surface area contributed by atoms with Crippen LogP contribution in [0, 0.1) is 4.77 Å². The molecule has 0 aliphatic rings. The number of nitrogens with zero attached hydrogens (tertiary/aromatic N) is 3. The monoisotopic (exact) mass is 364 g/mol. The summed E-state index contributed by atoms with van der Waals surface area (Å²) in [6.07, 6.45) is 1.75. The predicted molar refractivity (Wildman–Crippen MR) is 101 cm³/mol. The van der Waals surface area contributed by atoms with Gasteiger partial charge in [-0.1, -0.05) is 30.3 Å². The molecule has 26 heavy (non-hydrogen) atoms. The molecule has 0 unspecified atom stereocenters. The minimum atomic E-state index is 0.237. The highest BCUT2D eigenvalue weighted by Gasteiger charge is 2.13. The summed E-state index contributed by atoms with van der Waals surface area (Å²) in [6, 6.07) is 17.4. The van der Waals surface area contributed by atoms with Crippen LogP contribution >= 0.6 is 12.2 Å². The number of ether oxygens (including phenoxy) is 2. The molecular formula is C19H16N4O2S. The van der Waals surface area contributed by atoms with Crippen molar-refractivity contribution in [3.05, 3.63) is 71.4 Å². The summed E-state index contributed by atoms with van der Waals surface area (Å²) in [5.74, 6) is 2.05. The van der Waals surface area contributed by atoms with Gasteiger partial charge in [-0.05, 0) is 36.5 Å². The average Bonchev–Trinajstić information content (AvgIpc) is 3.06. The number of aromatic nitrogens is 4. The lowest BCUT2D eigenvalue weighted by atomic mass is 10.2. The van der Waals surface area contributed by atoms with Crippen molar-refractivity contribution in [2.45, 2.75) is 6.61 Å². The van der Waals surface area contributed by atoms with Gasteiger partial charge in [-0.2, -0.15) is 5.10 Å². The summed E-state index contributed by atoms with van der Waals surface area (Å²) in [5, 5.41) is 8.15. The Hall–Kier alpha value is -3.19. The quantitative estimate of drug-likeness (QED) is 0.541. The van der Waals surface area contributed by atoms with Crippen molar-refractivity contribution in [1.29, 1.82) is 0 Å². The van der Waals surface area contributed by atoms with Crippen LogP contribution in [0.3, 0.4) is 0 Å². The largest absolute Gasteiger partial charge is 0.495 e. The van der Waals surface area contributed by atoms with E-state index in [0.717, 1.165) is 16.6 Å². The first-order chi connectivity index (χ1) is 12.8. The van der Waals surface area contributed by atoms with Crippen molar-refractivity contribution in [1.82, 2.24) is 19.7 Å². The molecule has 2 aromatic heterocycles. The van der Waals surface area contributed by atoms with E-state index < -0.39 is 0 Å². The van der Waals surface area contributed by atoms with Gasteiger partial charge in [0.2, 0.25) is 0 Å². The summed E-state index contributed by atoms with van der Waals surface area (Å²) < 4.78 is 13.7. The normalized spacial score (nSPS) is 10.8. The summed E-state index contributed by atoms with van der Waals surface area (Å²) in [6.45, 7) is 0.237. The maximum absolute atomic E-state index is 6.00. The van der Waals surface area contributed by atoms with Crippen LogP contribution in [-0.4, -0.2) is 26.9 Å². The van der Waals surface area contributed by atoms with Crippen molar-refractivity contribution in [2.75, 3.05) is 7.11 Å². The summed E-state index contributed by atoms with van der Waals surface area (Å²) >= 11 is 5.39. The van der Waals surface area contributed by atoms with Gasteiger partial charge in [0.15, 0.2) is 10.6 Å². The van der Waals surface area contributed by atoms with Crippen LogP contribution in [0.1, 0.15) is 5.82 Å². The van der Waals surface area contributed by atoms with E-state index >= 15 is 0 Å². The van der Waals surface area contributed by atoms with Crippen molar-refractivity contribution < 1.29 is 9.47 Å². The predicted octanol–water partition coefficient (Wildman–Crippen LogP) is 4.07. The third kappa shape index (κ3) is 2.93. The second kappa shape index (κ2) is 6.97. The van der Waals surface area contributed by atoms with Crippen molar-refractivity contribution >= 4 is 23.1 Å². The SMILES string of the molecule is COc1ccccc1-n1c(COc2cccc3cccnc23)n[nH]c1=S. The first kappa shape index (κ1) is 16.3. The third-order valence-corrected chi connectivity index (χ3v) is 4.29. The second-order valence-electron chi connectivity index (χ2n) is 5.57. The Labute approximate surface area is 155 Å². The van der Waals surface area contributed by atoms with E-state index in [2.05, 4.69) is 15.2 Å². The summed E-state index contributed by atoms with van der Waals surface area (Å²) in [7, 11) is 1.63. The Morgan fingerprint density at radius 3 is 2.73 bits per heavy atom. The van der Waals surface area contributed by atoms with E-state index in [1.54, 1.807) is 13.3 Å². The molecule has 0 saturated heterocycles. The van der Waals surface area contributed by atoms with E-state index in [4.69, 9.17) is 21.7 Å². The number of fused-ring (bicyclic) bond motifs is 1. The van der Waals surface area contributed by atoms with Crippen LogP contribution in [0.5, 0.6) is 11.5 Å². The zero-order valence-corrected chi connectivity index (χ0v) is 14.9. The molecule has 0 saturated carbocycles. The van der Waals surface area contributed by atoms with Crippen LogP contribution in [0.25, 0.3) is 16.6 Å². The average molecular weight is 364 g/mol. The minimum Gasteiger partial charge on any atom is -0.495 e. The number of nitrogens with one attached hydrogen (secondary N) is 1. The van der Waals surface area contributed by atoms with Crippen molar-refractivity contribution in [2.24, 2.45) is 0 Å². The minimum absolute atomic E-state index is 0.237. The first-order valence-electron chi connectivity index (χ1n) is 8.04. The molecule has 0 aliphatic carbocycles. The number of hydrogen-bond acceptors (Lipinski definition) is 5. The van der Waals surface area contributed by atoms with Crippen LogP contribution in [0.15, 0.2) is 60.8 Å². The van der Waals surface area contributed by atoms with Gasteiger partial charge in [-0.15, -0.1) is 0 Å². The third-order valence-electron chi connectivity index (χ3n) is 4.02. The Balaban J connectivity index is 1.69. The van der Waals surface area contributed by atoms with Gasteiger partial charge in [0, 0.05) is 11.6 Å². The molecule has 0 aliphatic heterocycles. The number of hydrogen-bond donors (Lipinski definition) is 1. The summed E-state index contributed by atoms with van der Waals surface area (Å²) in [4.78, 5) is 4.41. The molecule has 1 N–H and O–H groups in total. The van der Waals surface area contributed by atoms with Crippen molar-refractivity contribution in [3.8, 4) is 17.2 Å². The van der Waals surface area contributed by atoms with E-state index in [1.807, 2.05) is 59.2 Å². The molecule has 7 heteroatoms. The molecular weight excluding hydrogens is 348 g/mol. The number of H-pyrrole nitrogens is 1. The standard InChI is InChI=1S/C19H16N4O2S/c1-24-15-9-3-2-8-14(15)23-17(21-22-19(23)26)12-25-16-10-4-6-13-7-5-11-20-18(13)16/h2-11H,12H2,1H3,(H,22,26). The topological polar surface area (TPSA) is 65.0 Å². The Morgan fingerprint density at radius 2 is 1.85 bits per heavy atom. The fourth-order valence-corrected chi connectivity index (χ4v) is 3.07. The second-order valence-corrected chi connectivity index (χ2v) is 5.96. The highest BCUT2D eigenvalue weighted by molar-refractivity contribution is 7.71. The highest BCUT2D eigenvalue weighted by atomic mass is 32.1. The lowest BCUT2D eigenvalue weighted by molar-refractivity contribution is 0.296. The molecule has 2 heterocycles. The molecule has 0 atom stereocenters. The summed E-state index contributed by atoms with van der Waals surface area (Å²) in [5.41, 5.74) is 1.62. The molecule has 0 radical (unpaired) electrons. The number of methoxy groups -OCH3 is 1. The Bertz CT molecular complexity index is 1110. The number of para-hydroxylation sites is 3. The zero-order valence-electron chi connectivity index (χ0n) is 14.0. The number of pyridine rings is 1. The van der Waals surface area contributed by atoms with E-state index in [1.165, 1.54) is 0 Å². The Kier molecular flexibility index (Phi) is 4.37. The molecule has 130 valence electrons. The number of aromatic amines is 1. The van der Waals surface area contributed by atoms with Crippen LogP contribution < -0.4 is 9.47 Å². The molecule has 4 aromatic rings. The van der Waals surface area contributed by atoms with E-state index in [0.29, 0.717) is 22.1 Å². The molecule has 0 fully saturated rings. The maximum Gasteiger partial charge on any atom is 0.200 e. The fraction of sp³-hybridized carbons (Fsp3) is 0.105. The zero-order chi connectivity index (χ0) is 17.9. The van der Waals surface area contributed by atoms with Gasteiger partial charge in [0.25, 0.3) is 0 Å². The van der Waals surface area contributed by atoms with Gasteiger partial charge >= 0.3 is 0 Å². The molecule has 0 amide bonds. The number of rotatable bonds is 5. The van der Waals surface area contributed by atoms with Gasteiger partial charge in [-0.3, -0.25) is 14.6 Å². The maximum atomic E-state index is 6.00. The first-order valence-corrected chi connectivity index (χ1v) is 8.45. The van der Waals surface area contributed by atoms with Gasteiger partial charge in [-0.25, -0.2) is 0 Å². The molecule has 2 aromatic carbocycles. The smallest absolute Gasteiger partial charge is 0.200 e. The van der Waals surface area contributed by atoms with Crippen molar-refractivity contribution in [3.63, 3.8) is 0 Å². The van der Waals surface area contributed by atoms with E-state index in [-0.39, 0.29) is 6.61 Å². The molecule has 6 nitrogen and oxygen atoms in total.